The van der Waals surface area contributed by atoms with E-state index < -0.39 is 0 Å². The van der Waals surface area contributed by atoms with Gasteiger partial charge in [0.15, 0.2) is 0 Å². The Morgan fingerprint density at radius 2 is 1.95 bits per heavy atom. The number of amides is 1. The van der Waals surface area contributed by atoms with E-state index in [1.165, 1.54) is 6.07 Å². The Kier molecular flexibility index (Phi) is 5.20. The Hall–Kier alpha value is -2.04. The fourth-order valence-corrected chi connectivity index (χ4v) is 2.24. The summed E-state index contributed by atoms with van der Waals surface area (Å²) in [4.78, 5) is 12.2. The van der Waals surface area contributed by atoms with E-state index in [4.69, 9.17) is 17.3 Å². The molecule has 0 aliphatic heterocycles. The number of anilines is 1. The fourth-order valence-electron chi connectivity index (χ4n) is 2.04. The van der Waals surface area contributed by atoms with Gasteiger partial charge >= 0.3 is 0 Å². The van der Waals surface area contributed by atoms with Crippen molar-refractivity contribution in [2.45, 2.75) is 12.5 Å². The van der Waals surface area contributed by atoms with Crippen LogP contribution in [0.3, 0.4) is 0 Å². The maximum Gasteiger partial charge on any atom is 0.253 e. The number of nitrogens with one attached hydrogen (secondary N) is 1. The minimum absolute atomic E-state index is 0.152. The summed E-state index contributed by atoms with van der Waals surface area (Å²) >= 11 is 6.00. The van der Waals surface area contributed by atoms with Gasteiger partial charge in [0, 0.05) is 5.69 Å². The van der Waals surface area contributed by atoms with E-state index in [-0.39, 0.29) is 18.6 Å². The van der Waals surface area contributed by atoms with Gasteiger partial charge < -0.3 is 16.2 Å². The monoisotopic (exact) mass is 304 g/mol. The summed E-state index contributed by atoms with van der Waals surface area (Å²) in [7, 11) is 0. The van der Waals surface area contributed by atoms with Gasteiger partial charge in [0.2, 0.25) is 0 Å². The molecule has 110 valence electrons. The van der Waals surface area contributed by atoms with Gasteiger partial charge in [0.25, 0.3) is 5.91 Å². The molecule has 0 aliphatic carbocycles. The number of halogens is 1. The summed E-state index contributed by atoms with van der Waals surface area (Å²) in [6, 6.07) is 14.0. The summed E-state index contributed by atoms with van der Waals surface area (Å²) < 4.78 is 0. The maximum atomic E-state index is 12.2. The second-order valence-electron chi connectivity index (χ2n) is 4.78. The van der Waals surface area contributed by atoms with Gasteiger partial charge in [-0.2, -0.15) is 0 Å². The SMILES string of the molecule is Nc1ccc(Cl)c(C(=O)NC(CO)Cc2ccccc2)c1. The predicted octanol–water partition coefficient (Wildman–Crippen LogP) is 2.26. The number of aliphatic hydroxyl groups is 1. The van der Waals surface area contributed by atoms with Crippen molar-refractivity contribution in [3.8, 4) is 0 Å². The Bertz CT molecular complexity index is 617. The number of nitrogen functional groups attached to an aromatic ring is 1. The third-order valence-electron chi connectivity index (χ3n) is 3.12. The van der Waals surface area contributed by atoms with E-state index in [0.29, 0.717) is 22.7 Å². The van der Waals surface area contributed by atoms with E-state index in [1.807, 2.05) is 30.3 Å². The molecule has 2 aromatic rings. The zero-order chi connectivity index (χ0) is 15.2. The van der Waals surface area contributed by atoms with E-state index in [9.17, 15) is 9.90 Å². The lowest BCUT2D eigenvalue weighted by Gasteiger charge is -2.17. The van der Waals surface area contributed by atoms with Crippen molar-refractivity contribution in [2.24, 2.45) is 0 Å². The number of aliphatic hydroxyl groups excluding tert-OH is 1. The van der Waals surface area contributed by atoms with Crippen LogP contribution in [0.4, 0.5) is 5.69 Å². The third-order valence-corrected chi connectivity index (χ3v) is 3.45. The van der Waals surface area contributed by atoms with Crippen LogP contribution in [-0.2, 0) is 6.42 Å². The van der Waals surface area contributed by atoms with Crippen LogP contribution in [0.5, 0.6) is 0 Å². The molecule has 0 aliphatic rings. The lowest BCUT2D eigenvalue weighted by Crippen LogP contribution is -2.39. The van der Waals surface area contributed by atoms with Crippen LogP contribution < -0.4 is 11.1 Å². The quantitative estimate of drug-likeness (QED) is 0.742. The van der Waals surface area contributed by atoms with Crippen molar-refractivity contribution in [1.82, 2.24) is 5.32 Å². The number of hydrogen-bond acceptors (Lipinski definition) is 3. The molecule has 21 heavy (non-hydrogen) atoms. The molecular formula is C16H17ClN2O2. The molecule has 5 heteroatoms. The van der Waals surface area contributed by atoms with Crippen molar-refractivity contribution < 1.29 is 9.90 Å². The second-order valence-corrected chi connectivity index (χ2v) is 5.19. The largest absolute Gasteiger partial charge is 0.399 e. The predicted molar refractivity (Wildman–Crippen MR) is 84.4 cm³/mol. The highest BCUT2D eigenvalue weighted by Crippen LogP contribution is 2.19. The van der Waals surface area contributed by atoms with Gasteiger partial charge in [-0.1, -0.05) is 41.9 Å². The first-order chi connectivity index (χ1) is 10.1. The first-order valence-corrected chi connectivity index (χ1v) is 6.98. The second kappa shape index (κ2) is 7.11. The molecule has 2 aromatic carbocycles. The van der Waals surface area contributed by atoms with Crippen LogP contribution in [0.1, 0.15) is 15.9 Å². The molecule has 0 fully saturated rings. The molecule has 0 saturated carbocycles. The highest BCUT2D eigenvalue weighted by Gasteiger charge is 2.16. The topological polar surface area (TPSA) is 75.4 Å². The normalized spacial score (nSPS) is 11.9. The van der Waals surface area contributed by atoms with Crippen LogP contribution in [0.15, 0.2) is 48.5 Å². The molecule has 2 rings (SSSR count). The van der Waals surface area contributed by atoms with Gasteiger partial charge in [-0.3, -0.25) is 4.79 Å². The zero-order valence-corrected chi connectivity index (χ0v) is 12.2. The molecule has 0 radical (unpaired) electrons. The summed E-state index contributed by atoms with van der Waals surface area (Å²) in [5.41, 5.74) is 7.48. The van der Waals surface area contributed by atoms with E-state index >= 15 is 0 Å². The highest BCUT2D eigenvalue weighted by atomic mass is 35.5. The Morgan fingerprint density at radius 3 is 2.62 bits per heavy atom. The Labute approximate surface area is 128 Å². The molecule has 0 aromatic heterocycles. The molecule has 0 heterocycles. The first kappa shape index (κ1) is 15.4. The van der Waals surface area contributed by atoms with Crippen LogP contribution in [-0.4, -0.2) is 23.7 Å². The van der Waals surface area contributed by atoms with Crippen LogP contribution in [0, 0.1) is 0 Å². The Balaban J connectivity index is 2.07. The number of carbonyl (C=O) groups is 1. The zero-order valence-electron chi connectivity index (χ0n) is 11.4. The van der Waals surface area contributed by atoms with E-state index in [1.54, 1.807) is 12.1 Å². The smallest absolute Gasteiger partial charge is 0.253 e. The molecule has 1 unspecified atom stereocenters. The van der Waals surface area contributed by atoms with Crippen molar-refractivity contribution in [2.75, 3.05) is 12.3 Å². The molecule has 1 atom stereocenters. The van der Waals surface area contributed by atoms with Crippen LogP contribution in [0.2, 0.25) is 5.02 Å². The van der Waals surface area contributed by atoms with Crippen molar-refractivity contribution in [1.29, 1.82) is 0 Å². The first-order valence-electron chi connectivity index (χ1n) is 6.61. The molecule has 4 N–H and O–H groups in total. The summed E-state index contributed by atoms with van der Waals surface area (Å²) in [6.07, 6.45) is 0.545. The lowest BCUT2D eigenvalue weighted by molar-refractivity contribution is 0.0916. The summed E-state index contributed by atoms with van der Waals surface area (Å²) in [5, 5.41) is 12.5. The maximum absolute atomic E-state index is 12.2. The van der Waals surface area contributed by atoms with Gasteiger partial charge in [0.1, 0.15) is 0 Å². The van der Waals surface area contributed by atoms with E-state index in [0.717, 1.165) is 5.56 Å². The third kappa shape index (κ3) is 4.21. The number of nitrogens with two attached hydrogens (primary N) is 1. The van der Waals surface area contributed by atoms with E-state index in [2.05, 4.69) is 5.32 Å². The number of rotatable bonds is 5. The summed E-state index contributed by atoms with van der Waals surface area (Å²) in [6.45, 7) is -0.152. The van der Waals surface area contributed by atoms with Crippen molar-refractivity contribution >= 4 is 23.2 Å². The highest BCUT2D eigenvalue weighted by molar-refractivity contribution is 6.34. The summed E-state index contributed by atoms with van der Waals surface area (Å²) in [5.74, 6) is -0.345. The molecule has 0 spiro atoms. The average Bonchev–Trinajstić information content (AvgIpc) is 2.50. The molecule has 0 bridgehead atoms. The standard InChI is InChI=1S/C16H17ClN2O2/c17-15-7-6-12(18)9-14(15)16(21)19-13(10-20)8-11-4-2-1-3-5-11/h1-7,9,13,20H,8,10,18H2,(H,19,21). The average molecular weight is 305 g/mol. The molecule has 4 nitrogen and oxygen atoms in total. The fraction of sp³-hybridized carbons (Fsp3) is 0.188. The minimum atomic E-state index is -0.377. The van der Waals surface area contributed by atoms with Gasteiger partial charge in [-0.25, -0.2) is 0 Å². The molecule has 1 amide bonds. The van der Waals surface area contributed by atoms with Crippen molar-refractivity contribution in [3.63, 3.8) is 0 Å². The van der Waals surface area contributed by atoms with Gasteiger partial charge in [-0.05, 0) is 30.2 Å². The van der Waals surface area contributed by atoms with Crippen molar-refractivity contribution in [3.05, 3.63) is 64.7 Å². The Morgan fingerprint density at radius 1 is 1.24 bits per heavy atom. The lowest BCUT2D eigenvalue weighted by atomic mass is 10.1. The molecule has 0 saturated heterocycles. The number of hydrogen-bond donors (Lipinski definition) is 3. The molecular weight excluding hydrogens is 288 g/mol. The van der Waals surface area contributed by atoms with Crippen LogP contribution >= 0.6 is 11.6 Å². The van der Waals surface area contributed by atoms with Crippen LogP contribution in [0.25, 0.3) is 0 Å². The van der Waals surface area contributed by atoms with Gasteiger partial charge in [-0.15, -0.1) is 0 Å². The minimum Gasteiger partial charge on any atom is -0.399 e. The van der Waals surface area contributed by atoms with Gasteiger partial charge in [0.05, 0.1) is 23.2 Å². The number of carbonyl (C=O) groups excluding carboxylic acids is 1. The number of benzene rings is 2.